The molecule has 0 aliphatic rings. The minimum atomic E-state index is -4.33. The molecule has 0 aliphatic carbocycles. The summed E-state index contributed by atoms with van der Waals surface area (Å²) in [6.45, 7) is 0. The van der Waals surface area contributed by atoms with Crippen molar-refractivity contribution < 1.29 is 17.9 Å². The second kappa shape index (κ2) is 5.25. The van der Waals surface area contributed by atoms with Crippen molar-refractivity contribution in [2.45, 2.75) is 6.18 Å². The molecule has 3 aromatic rings. The van der Waals surface area contributed by atoms with Crippen LogP contribution in [0.5, 0.6) is 0 Å². The van der Waals surface area contributed by atoms with Crippen molar-refractivity contribution in [1.29, 1.82) is 0 Å². The molecular formula is C15H12F3N4+. The van der Waals surface area contributed by atoms with E-state index in [4.69, 9.17) is 0 Å². The molecule has 3 rings (SSSR count). The van der Waals surface area contributed by atoms with E-state index in [1.807, 2.05) is 6.07 Å². The summed E-state index contributed by atoms with van der Waals surface area (Å²) in [5.41, 5.74) is 0.674. The van der Waals surface area contributed by atoms with Crippen LogP contribution in [0.15, 0.2) is 54.9 Å². The standard InChI is InChI=1S/C15H12F3N4/c1-21-13(10-22(20-21)14-4-2-3-9-19-14)11-5-7-12(8-6-11)15(16,17)18/h2-10H,1H3/q+1. The van der Waals surface area contributed by atoms with Crippen molar-refractivity contribution >= 4 is 0 Å². The van der Waals surface area contributed by atoms with Gasteiger partial charge in [-0.15, -0.1) is 9.67 Å². The van der Waals surface area contributed by atoms with E-state index in [0.717, 1.165) is 12.1 Å². The minimum absolute atomic E-state index is 0.635. The van der Waals surface area contributed by atoms with Gasteiger partial charge in [0.1, 0.15) is 12.4 Å². The Hall–Kier alpha value is -2.70. The second-order valence-corrected chi connectivity index (χ2v) is 4.74. The first-order valence-electron chi connectivity index (χ1n) is 6.50. The number of hydrogen-bond donors (Lipinski definition) is 0. The molecule has 0 saturated heterocycles. The molecule has 0 saturated carbocycles. The van der Waals surface area contributed by atoms with E-state index >= 15 is 0 Å². The van der Waals surface area contributed by atoms with Crippen LogP contribution in [0.4, 0.5) is 13.2 Å². The molecule has 0 unspecified atom stereocenters. The molecule has 2 heterocycles. The molecular weight excluding hydrogens is 293 g/mol. The van der Waals surface area contributed by atoms with Gasteiger partial charge in [0.05, 0.1) is 12.6 Å². The van der Waals surface area contributed by atoms with Gasteiger partial charge in [-0.3, -0.25) is 0 Å². The van der Waals surface area contributed by atoms with E-state index in [1.54, 1.807) is 40.9 Å². The summed E-state index contributed by atoms with van der Waals surface area (Å²) in [6.07, 6.45) is -0.960. The molecule has 0 amide bonds. The normalized spacial score (nSPS) is 11.6. The van der Waals surface area contributed by atoms with Gasteiger partial charge in [0, 0.05) is 16.8 Å². The number of aryl methyl sites for hydroxylation is 1. The minimum Gasteiger partial charge on any atom is -0.170 e. The van der Waals surface area contributed by atoms with Crippen LogP contribution in [0.1, 0.15) is 5.56 Å². The molecule has 0 N–H and O–H groups in total. The van der Waals surface area contributed by atoms with Crippen LogP contribution in [0.3, 0.4) is 0 Å². The predicted octanol–water partition coefficient (Wildman–Crippen LogP) is 2.78. The summed E-state index contributed by atoms with van der Waals surface area (Å²) in [6, 6.07) is 10.4. The third kappa shape index (κ3) is 2.69. The first kappa shape index (κ1) is 14.2. The van der Waals surface area contributed by atoms with Crippen molar-refractivity contribution in [2.75, 3.05) is 0 Å². The predicted molar refractivity (Wildman–Crippen MR) is 73.0 cm³/mol. The molecule has 0 bridgehead atoms. The SMILES string of the molecule is Cn1n[n+](-c2ccccn2)cc1-c1ccc(C(F)(F)F)cc1. The van der Waals surface area contributed by atoms with Crippen LogP contribution >= 0.6 is 0 Å². The molecule has 2 aromatic heterocycles. The van der Waals surface area contributed by atoms with Crippen LogP contribution in [-0.4, -0.2) is 14.9 Å². The average Bonchev–Trinajstić information content (AvgIpc) is 2.89. The fourth-order valence-electron chi connectivity index (χ4n) is 2.11. The smallest absolute Gasteiger partial charge is 0.170 e. The number of hydrogen-bond acceptors (Lipinski definition) is 2. The van der Waals surface area contributed by atoms with E-state index in [0.29, 0.717) is 17.1 Å². The van der Waals surface area contributed by atoms with E-state index in [1.165, 1.54) is 12.1 Å². The van der Waals surface area contributed by atoms with Gasteiger partial charge in [0.15, 0.2) is 5.69 Å². The largest absolute Gasteiger partial charge is 0.416 e. The summed E-state index contributed by atoms with van der Waals surface area (Å²) in [7, 11) is 1.73. The van der Waals surface area contributed by atoms with Crippen LogP contribution in [0.2, 0.25) is 0 Å². The zero-order chi connectivity index (χ0) is 15.7. The van der Waals surface area contributed by atoms with Crippen molar-refractivity contribution in [3.8, 4) is 17.1 Å². The summed E-state index contributed by atoms with van der Waals surface area (Å²) < 4.78 is 41.0. The van der Waals surface area contributed by atoms with E-state index in [2.05, 4.69) is 10.2 Å². The Morgan fingerprint density at radius 2 is 1.77 bits per heavy atom. The van der Waals surface area contributed by atoms with Crippen LogP contribution < -0.4 is 4.68 Å². The fourth-order valence-corrected chi connectivity index (χ4v) is 2.11. The number of rotatable bonds is 2. The van der Waals surface area contributed by atoms with Gasteiger partial charge in [-0.1, -0.05) is 18.2 Å². The van der Waals surface area contributed by atoms with Crippen molar-refractivity contribution in [3.05, 3.63) is 60.4 Å². The number of benzene rings is 1. The molecule has 0 radical (unpaired) electrons. The number of halogens is 3. The Morgan fingerprint density at radius 1 is 1.05 bits per heavy atom. The summed E-state index contributed by atoms with van der Waals surface area (Å²) in [4.78, 5) is 4.18. The molecule has 0 atom stereocenters. The van der Waals surface area contributed by atoms with Crippen LogP contribution in [-0.2, 0) is 13.2 Å². The van der Waals surface area contributed by atoms with Crippen molar-refractivity contribution in [2.24, 2.45) is 7.05 Å². The molecule has 1 aromatic carbocycles. The quantitative estimate of drug-likeness (QED) is 0.682. The van der Waals surface area contributed by atoms with Crippen molar-refractivity contribution in [3.63, 3.8) is 0 Å². The van der Waals surface area contributed by atoms with Crippen molar-refractivity contribution in [1.82, 2.24) is 14.9 Å². The number of nitrogens with zero attached hydrogens (tertiary/aromatic N) is 4. The van der Waals surface area contributed by atoms with Gasteiger partial charge in [-0.25, -0.2) is 0 Å². The van der Waals surface area contributed by atoms with Gasteiger partial charge in [-0.2, -0.15) is 17.9 Å². The first-order valence-corrected chi connectivity index (χ1v) is 6.50. The summed E-state index contributed by atoms with van der Waals surface area (Å²) in [5, 5.41) is 4.28. The number of aromatic nitrogens is 4. The lowest BCUT2D eigenvalue weighted by Crippen LogP contribution is -2.33. The van der Waals surface area contributed by atoms with Crippen LogP contribution in [0.25, 0.3) is 17.1 Å². The van der Waals surface area contributed by atoms with Gasteiger partial charge in [0.2, 0.25) is 0 Å². The van der Waals surface area contributed by atoms with Gasteiger partial charge >= 0.3 is 6.18 Å². The first-order chi connectivity index (χ1) is 10.4. The van der Waals surface area contributed by atoms with E-state index in [-0.39, 0.29) is 0 Å². The topological polar surface area (TPSA) is 34.6 Å². The zero-order valence-corrected chi connectivity index (χ0v) is 11.6. The Bertz CT molecular complexity index is 777. The molecule has 7 heteroatoms. The zero-order valence-electron chi connectivity index (χ0n) is 11.6. The lowest BCUT2D eigenvalue weighted by atomic mass is 10.1. The third-order valence-electron chi connectivity index (χ3n) is 3.22. The number of alkyl halides is 3. The highest BCUT2D eigenvalue weighted by molar-refractivity contribution is 5.58. The Labute approximate surface area is 124 Å². The Morgan fingerprint density at radius 3 is 2.36 bits per heavy atom. The number of pyridine rings is 1. The maximum absolute atomic E-state index is 12.6. The summed E-state index contributed by atoms with van der Waals surface area (Å²) in [5.74, 6) is 0.635. The Kier molecular flexibility index (Phi) is 3.40. The molecule has 112 valence electrons. The van der Waals surface area contributed by atoms with E-state index in [9.17, 15) is 13.2 Å². The van der Waals surface area contributed by atoms with Gasteiger partial charge in [0.25, 0.3) is 5.82 Å². The van der Waals surface area contributed by atoms with E-state index < -0.39 is 11.7 Å². The maximum Gasteiger partial charge on any atom is 0.416 e. The highest BCUT2D eigenvalue weighted by Crippen LogP contribution is 2.30. The molecule has 22 heavy (non-hydrogen) atoms. The highest BCUT2D eigenvalue weighted by atomic mass is 19.4. The Balaban J connectivity index is 1.98. The van der Waals surface area contributed by atoms with Gasteiger partial charge in [-0.05, 0) is 18.2 Å². The highest BCUT2D eigenvalue weighted by Gasteiger charge is 2.30. The lowest BCUT2D eigenvalue weighted by Gasteiger charge is -2.06. The second-order valence-electron chi connectivity index (χ2n) is 4.74. The maximum atomic E-state index is 12.6. The fraction of sp³-hybridized carbons (Fsp3) is 0.133. The summed E-state index contributed by atoms with van der Waals surface area (Å²) >= 11 is 0. The third-order valence-corrected chi connectivity index (χ3v) is 3.22. The molecule has 0 spiro atoms. The molecule has 0 fully saturated rings. The monoisotopic (exact) mass is 305 g/mol. The molecule has 4 nitrogen and oxygen atoms in total. The average molecular weight is 305 g/mol. The molecule has 0 aliphatic heterocycles. The van der Waals surface area contributed by atoms with Gasteiger partial charge < -0.3 is 0 Å². The van der Waals surface area contributed by atoms with Crippen LogP contribution in [0, 0.1) is 0 Å². The lowest BCUT2D eigenvalue weighted by molar-refractivity contribution is -0.664.